The monoisotopic (exact) mass is 758 g/mol. The minimum absolute atomic E-state index is 0. The Kier molecular flexibility index (Phi) is 25.0. The van der Waals surface area contributed by atoms with Crippen LogP contribution in [0.4, 0.5) is 46.5 Å². The molecule has 4 rings (SSSR count). The number of rotatable bonds is 14. The molecule has 0 aliphatic heterocycles. The van der Waals surface area contributed by atoms with Crippen molar-refractivity contribution in [2.45, 2.75) is 92.9 Å². The quantitative estimate of drug-likeness (QED) is 0.0547. The van der Waals surface area contributed by atoms with Gasteiger partial charge in [0.25, 0.3) is 0 Å². The number of hydrogen-bond acceptors (Lipinski definition) is 2. The van der Waals surface area contributed by atoms with E-state index in [1.807, 2.05) is 52.0 Å². The summed E-state index contributed by atoms with van der Waals surface area (Å²) in [6.07, 6.45) is 6.11. The fraction of sp³-hybridized carbons (Fsp3) is 0.450. The normalized spacial score (nSPS) is 10.2. The van der Waals surface area contributed by atoms with Crippen LogP contribution in [0.5, 0.6) is 0 Å². The minimum atomic E-state index is -1.48. The van der Waals surface area contributed by atoms with Gasteiger partial charge in [-0.2, -0.15) is 35.4 Å². The number of unbranched alkanes of at least 4 members (excludes halogenated alkanes) is 4. The molecule has 0 saturated heterocycles. The van der Waals surface area contributed by atoms with Crippen LogP contribution in [0.15, 0.2) is 48.5 Å². The summed E-state index contributed by atoms with van der Waals surface area (Å²) in [4.78, 5) is 2.75. The van der Waals surface area contributed by atoms with Crippen molar-refractivity contribution in [3.05, 3.63) is 118 Å². The van der Waals surface area contributed by atoms with Crippen molar-refractivity contribution in [2.75, 3.05) is 36.0 Å². The molecule has 0 aliphatic rings. The Hall–Kier alpha value is -3.11. The third-order valence-electron chi connectivity index (χ3n) is 7.46. The molecule has 0 amide bonds. The van der Waals surface area contributed by atoms with Gasteiger partial charge < -0.3 is 9.80 Å². The SMILES string of the molecule is CCCCN(CCCC)c1c(F)c(F)[c-]c(F)c1F.CCCCN(CCCC)c1c(F)c(F)[c-]c(F)c1F.C[c-]1cccc1.C[c-]1cccc1.[Ti+4]. The van der Waals surface area contributed by atoms with Crippen molar-refractivity contribution in [3.63, 3.8) is 0 Å². The van der Waals surface area contributed by atoms with Crippen molar-refractivity contribution >= 4 is 11.4 Å². The molecule has 0 atom stereocenters. The van der Waals surface area contributed by atoms with E-state index in [0.29, 0.717) is 51.9 Å². The van der Waals surface area contributed by atoms with Crippen LogP contribution in [0.2, 0.25) is 0 Å². The molecule has 51 heavy (non-hydrogen) atoms. The summed E-state index contributed by atoms with van der Waals surface area (Å²) >= 11 is 0. The van der Waals surface area contributed by atoms with Gasteiger partial charge in [-0.1, -0.05) is 67.2 Å². The van der Waals surface area contributed by atoms with Crippen molar-refractivity contribution < 1.29 is 56.8 Å². The number of nitrogens with zero attached hydrogens (tertiary/aromatic N) is 2. The Bertz CT molecular complexity index is 1300. The van der Waals surface area contributed by atoms with Crippen LogP contribution in [0.3, 0.4) is 0 Å². The van der Waals surface area contributed by atoms with Crippen LogP contribution in [0.25, 0.3) is 0 Å². The molecule has 0 fully saturated rings. The molecule has 4 aromatic rings. The van der Waals surface area contributed by atoms with Gasteiger partial charge >= 0.3 is 21.7 Å². The summed E-state index contributed by atoms with van der Waals surface area (Å²) < 4.78 is 107. The molecular formula is C40H50F8N2Ti. The largest absolute Gasteiger partial charge is 4.00 e. The standard InChI is InChI=1S/2C14H18F4N.2C6H7.Ti/c2*1-3-5-7-19(8-6-4-2)14-12(17)10(15)9-11(16)13(14)18;2*1-6-4-2-3-5-6;/h2*3-8H2,1-2H3;2*2-5H,1H3;/q4*-1;+4. The number of aryl methyl sites for hydroxylation is 2. The first-order valence-corrected chi connectivity index (χ1v) is 17.2. The molecule has 280 valence electrons. The van der Waals surface area contributed by atoms with E-state index in [1.54, 1.807) is 0 Å². The molecule has 0 saturated carbocycles. The van der Waals surface area contributed by atoms with E-state index in [2.05, 4.69) is 38.1 Å². The van der Waals surface area contributed by atoms with E-state index >= 15 is 0 Å². The second-order valence-electron chi connectivity index (χ2n) is 11.8. The predicted molar refractivity (Wildman–Crippen MR) is 188 cm³/mol. The van der Waals surface area contributed by atoms with Gasteiger partial charge in [-0.05, 0) is 25.7 Å². The third-order valence-corrected chi connectivity index (χ3v) is 7.46. The van der Waals surface area contributed by atoms with Crippen LogP contribution < -0.4 is 9.80 Å². The maximum atomic E-state index is 13.7. The summed E-state index contributed by atoms with van der Waals surface area (Å²) in [5, 5.41) is 0. The molecule has 0 spiro atoms. The molecule has 11 heteroatoms. The topological polar surface area (TPSA) is 6.48 Å². The Balaban J connectivity index is 0.000000727. The van der Waals surface area contributed by atoms with Crippen molar-refractivity contribution in [1.29, 1.82) is 0 Å². The van der Waals surface area contributed by atoms with Gasteiger partial charge in [-0.3, -0.25) is 17.6 Å². The summed E-state index contributed by atoms with van der Waals surface area (Å²) in [6.45, 7) is 13.4. The van der Waals surface area contributed by atoms with Gasteiger partial charge in [-0.25, -0.2) is 41.8 Å². The Morgan fingerprint density at radius 2 is 0.667 bits per heavy atom. The maximum Gasteiger partial charge on any atom is 4.00 e. The van der Waals surface area contributed by atoms with E-state index in [-0.39, 0.29) is 21.7 Å². The second kappa shape index (κ2) is 26.6. The first-order chi connectivity index (χ1) is 23.8. The molecule has 0 radical (unpaired) electrons. The summed E-state index contributed by atoms with van der Waals surface area (Å²) in [5.41, 5.74) is 1.45. The number of hydrogen-bond donors (Lipinski definition) is 0. The van der Waals surface area contributed by atoms with Crippen LogP contribution in [0.1, 0.15) is 90.2 Å². The Morgan fingerprint density at radius 1 is 0.451 bits per heavy atom. The van der Waals surface area contributed by atoms with Crippen LogP contribution >= 0.6 is 0 Å². The molecule has 0 unspecified atom stereocenters. The zero-order valence-corrected chi connectivity index (χ0v) is 32.1. The van der Waals surface area contributed by atoms with E-state index in [4.69, 9.17) is 0 Å². The third kappa shape index (κ3) is 16.9. The first-order valence-electron chi connectivity index (χ1n) is 17.2. The number of benzene rings is 2. The van der Waals surface area contributed by atoms with Gasteiger partial charge in [0.1, 0.15) is 0 Å². The summed E-state index contributed by atoms with van der Waals surface area (Å²) in [5.74, 6) is -11.4. The van der Waals surface area contributed by atoms with Gasteiger partial charge in [0, 0.05) is 37.6 Å². The van der Waals surface area contributed by atoms with Gasteiger partial charge in [0.15, 0.2) is 0 Å². The van der Waals surface area contributed by atoms with E-state index in [9.17, 15) is 35.1 Å². The number of halogens is 8. The zero-order valence-electron chi connectivity index (χ0n) is 30.5. The average molecular weight is 759 g/mol. The van der Waals surface area contributed by atoms with Crippen molar-refractivity contribution in [1.82, 2.24) is 0 Å². The molecule has 0 aromatic heterocycles. The Morgan fingerprint density at radius 3 is 0.824 bits per heavy atom. The fourth-order valence-electron chi connectivity index (χ4n) is 4.58. The van der Waals surface area contributed by atoms with E-state index in [1.165, 1.54) is 33.1 Å². The van der Waals surface area contributed by atoms with Gasteiger partial charge in [0.2, 0.25) is 0 Å². The predicted octanol–water partition coefficient (Wildman–Crippen LogP) is 12.3. The van der Waals surface area contributed by atoms with E-state index in [0.717, 1.165) is 25.7 Å². The van der Waals surface area contributed by atoms with Gasteiger partial charge in [-0.15, -0.1) is 12.1 Å². The first kappa shape index (κ1) is 47.9. The van der Waals surface area contributed by atoms with Gasteiger partial charge in [0.05, 0.1) is 46.5 Å². The minimum Gasteiger partial charge on any atom is -0.388 e. The second-order valence-corrected chi connectivity index (χ2v) is 11.8. The van der Waals surface area contributed by atoms with Crippen molar-refractivity contribution in [3.8, 4) is 0 Å². The molecule has 0 bridgehead atoms. The molecule has 4 aromatic carbocycles. The molecule has 0 heterocycles. The van der Waals surface area contributed by atoms with Crippen LogP contribution in [-0.4, -0.2) is 26.2 Å². The fourth-order valence-corrected chi connectivity index (χ4v) is 4.58. The van der Waals surface area contributed by atoms with E-state index < -0.39 is 57.9 Å². The maximum absolute atomic E-state index is 13.7. The average Bonchev–Trinajstić information content (AvgIpc) is 3.79. The van der Waals surface area contributed by atoms with Crippen LogP contribution in [-0.2, 0) is 21.7 Å². The zero-order chi connectivity index (χ0) is 37.6. The summed E-state index contributed by atoms with van der Waals surface area (Å²) in [7, 11) is 0. The molecule has 2 nitrogen and oxygen atoms in total. The molecule has 0 N–H and O–H groups in total. The molecule has 0 aliphatic carbocycles. The summed E-state index contributed by atoms with van der Waals surface area (Å²) in [6, 6.07) is 19.3. The molecular weight excluding hydrogens is 708 g/mol. The Labute approximate surface area is 314 Å². The van der Waals surface area contributed by atoms with Crippen LogP contribution in [0, 0.1) is 72.5 Å². The number of anilines is 2. The smallest absolute Gasteiger partial charge is 0.388 e. The van der Waals surface area contributed by atoms with Crippen molar-refractivity contribution in [2.24, 2.45) is 0 Å².